The largest absolute Gasteiger partial charge is 0.506 e. The molecular weight excluding hydrogens is 479 g/mol. The third kappa shape index (κ3) is 4.38. The molecule has 2 aromatic carbocycles. The molecule has 1 fully saturated rings. The van der Waals surface area contributed by atoms with Crippen molar-refractivity contribution in [2.75, 3.05) is 0 Å². The number of rotatable bonds is 6. The van der Waals surface area contributed by atoms with Gasteiger partial charge in [0.05, 0.1) is 29.8 Å². The number of nitrogens with zero attached hydrogens (tertiary/aromatic N) is 3. The van der Waals surface area contributed by atoms with Crippen LogP contribution >= 0.6 is 0 Å². The molecule has 2 aliphatic rings. The number of aromatic hydroxyl groups is 1. The number of nitrogens with one attached hydrogen (secondary N) is 1. The predicted octanol–water partition coefficient (Wildman–Crippen LogP) is 6.03. The molecule has 6 rings (SSSR count). The van der Waals surface area contributed by atoms with Crippen molar-refractivity contribution in [1.82, 2.24) is 20.1 Å². The Labute approximate surface area is 220 Å². The Morgan fingerprint density at radius 3 is 2.66 bits per heavy atom. The van der Waals surface area contributed by atoms with Crippen LogP contribution in [0.1, 0.15) is 59.5 Å². The fourth-order valence-electron chi connectivity index (χ4n) is 6.10. The van der Waals surface area contributed by atoms with Gasteiger partial charge >= 0.3 is 0 Å². The number of allylic oxidation sites excluding steroid dienone is 1. The van der Waals surface area contributed by atoms with Crippen molar-refractivity contribution in [2.45, 2.75) is 38.6 Å². The zero-order chi connectivity index (χ0) is 26.3. The van der Waals surface area contributed by atoms with Crippen molar-refractivity contribution in [2.24, 2.45) is 11.3 Å². The van der Waals surface area contributed by atoms with Gasteiger partial charge in [0.1, 0.15) is 17.3 Å². The molecule has 38 heavy (non-hydrogen) atoms. The maximum Gasteiger partial charge on any atom is 0.270 e. The van der Waals surface area contributed by atoms with E-state index >= 15 is 0 Å². The molecule has 0 aliphatic heterocycles. The Kier molecular flexibility index (Phi) is 6.06. The first-order valence-electron chi connectivity index (χ1n) is 13.0. The molecule has 6 nitrogen and oxygen atoms in total. The number of hydrogen-bond acceptors (Lipinski definition) is 4. The molecule has 2 heterocycles. The van der Waals surface area contributed by atoms with Gasteiger partial charge in [-0.05, 0) is 90.6 Å². The number of carbonyl (C=O) groups is 1. The molecule has 2 N–H and O–H groups in total. The fraction of sp³-hybridized carbons (Fsp3) is 0.258. The Morgan fingerprint density at radius 1 is 1.13 bits per heavy atom. The highest BCUT2D eigenvalue weighted by atomic mass is 19.1. The maximum absolute atomic E-state index is 13.5. The second-order valence-electron chi connectivity index (χ2n) is 10.5. The lowest BCUT2D eigenvalue weighted by molar-refractivity contribution is 0.0918. The van der Waals surface area contributed by atoms with Crippen LogP contribution in [-0.4, -0.2) is 25.8 Å². The van der Waals surface area contributed by atoms with E-state index in [1.165, 1.54) is 41.6 Å². The summed E-state index contributed by atoms with van der Waals surface area (Å²) in [5.41, 5.74) is 5.78. The summed E-state index contributed by atoms with van der Waals surface area (Å²) < 4.78 is 15.4. The Balaban J connectivity index is 1.27. The van der Waals surface area contributed by atoms with Crippen LogP contribution in [-0.2, 0) is 6.42 Å². The number of halogens is 1. The van der Waals surface area contributed by atoms with Crippen LogP contribution < -0.4 is 5.32 Å². The topological polar surface area (TPSA) is 80.0 Å². The number of carbonyl (C=O) groups excluding carboxylic acids is 1. The van der Waals surface area contributed by atoms with Crippen LogP contribution in [0.5, 0.6) is 5.75 Å². The molecule has 192 valence electrons. The minimum Gasteiger partial charge on any atom is -0.506 e. The smallest absolute Gasteiger partial charge is 0.270 e. The van der Waals surface area contributed by atoms with E-state index in [0.29, 0.717) is 5.92 Å². The molecule has 4 aromatic rings. The fourth-order valence-corrected chi connectivity index (χ4v) is 6.10. The monoisotopic (exact) mass is 508 g/mol. The molecule has 1 saturated carbocycles. The molecular formula is C31H29FN4O2. The zero-order valence-corrected chi connectivity index (χ0v) is 21.1. The van der Waals surface area contributed by atoms with Gasteiger partial charge in [0.25, 0.3) is 5.91 Å². The number of amides is 1. The number of hydrogen-bond donors (Lipinski definition) is 2. The number of benzene rings is 2. The second-order valence-corrected chi connectivity index (χ2v) is 10.5. The van der Waals surface area contributed by atoms with Gasteiger partial charge in [-0.1, -0.05) is 42.8 Å². The Hall–Kier alpha value is -4.26. The first-order valence-corrected chi connectivity index (χ1v) is 13.0. The first-order chi connectivity index (χ1) is 18.4. The minimum absolute atomic E-state index is 0.0266. The van der Waals surface area contributed by atoms with Crippen molar-refractivity contribution in [3.8, 4) is 11.4 Å². The van der Waals surface area contributed by atoms with E-state index in [4.69, 9.17) is 0 Å². The molecule has 2 aromatic heterocycles. The van der Waals surface area contributed by atoms with E-state index in [1.54, 1.807) is 12.1 Å². The van der Waals surface area contributed by atoms with Gasteiger partial charge in [-0.2, -0.15) is 5.10 Å². The Bertz CT molecular complexity index is 1500. The van der Waals surface area contributed by atoms with Gasteiger partial charge in [-0.25, -0.2) is 14.1 Å². The molecule has 1 amide bonds. The van der Waals surface area contributed by atoms with E-state index in [9.17, 15) is 14.3 Å². The molecule has 7 heteroatoms. The van der Waals surface area contributed by atoms with Crippen molar-refractivity contribution in [1.29, 1.82) is 0 Å². The van der Waals surface area contributed by atoms with Crippen molar-refractivity contribution in [3.63, 3.8) is 0 Å². The SMILES string of the molecule is C[C@]12Cc3cnn(-c4ccc(F)cc4)c3C=C1CC[C@@H]2CC(NC(=O)c1ccc(O)cn1)c1ccccc1. The van der Waals surface area contributed by atoms with Crippen molar-refractivity contribution >= 4 is 12.0 Å². The van der Waals surface area contributed by atoms with Gasteiger partial charge in [-0.15, -0.1) is 0 Å². The van der Waals surface area contributed by atoms with Crippen molar-refractivity contribution < 1.29 is 14.3 Å². The number of pyridine rings is 1. The van der Waals surface area contributed by atoms with Crippen LogP contribution in [0, 0.1) is 17.2 Å². The van der Waals surface area contributed by atoms with Gasteiger partial charge in [0, 0.05) is 0 Å². The quantitative estimate of drug-likeness (QED) is 0.333. The molecule has 3 atom stereocenters. The lowest BCUT2D eigenvalue weighted by atomic mass is 9.68. The molecule has 0 spiro atoms. The van der Waals surface area contributed by atoms with Gasteiger partial charge in [0.15, 0.2) is 0 Å². The predicted molar refractivity (Wildman–Crippen MR) is 143 cm³/mol. The molecule has 1 unspecified atom stereocenters. The number of aromatic nitrogens is 3. The van der Waals surface area contributed by atoms with Gasteiger partial charge < -0.3 is 10.4 Å². The van der Waals surface area contributed by atoms with Crippen LogP contribution in [0.25, 0.3) is 11.8 Å². The van der Waals surface area contributed by atoms with Gasteiger partial charge in [0.2, 0.25) is 0 Å². The van der Waals surface area contributed by atoms with E-state index in [0.717, 1.165) is 42.6 Å². The van der Waals surface area contributed by atoms with Crippen LogP contribution in [0.4, 0.5) is 4.39 Å². The van der Waals surface area contributed by atoms with E-state index in [1.807, 2.05) is 29.1 Å². The molecule has 0 saturated heterocycles. The third-order valence-electron chi connectivity index (χ3n) is 8.23. The highest BCUT2D eigenvalue weighted by Gasteiger charge is 2.46. The van der Waals surface area contributed by atoms with Crippen LogP contribution in [0.2, 0.25) is 0 Å². The van der Waals surface area contributed by atoms with Gasteiger partial charge in [-0.3, -0.25) is 4.79 Å². The molecule has 0 bridgehead atoms. The lowest BCUT2D eigenvalue weighted by Crippen LogP contribution is -2.35. The molecule has 2 aliphatic carbocycles. The summed E-state index contributed by atoms with van der Waals surface area (Å²) in [6, 6.07) is 19.3. The highest BCUT2D eigenvalue weighted by molar-refractivity contribution is 5.92. The van der Waals surface area contributed by atoms with E-state index in [-0.39, 0.29) is 34.6 Å². The first kappa shape index (κ1) is 24.1. The summed E-state index contributed by atoms with van der Waals surface area (Å²) in [6.45, 7) is 2.33. The maximum atomic E-state index is 13.5. The minimum atomic E-state index is -0.263. The Morgan fingerprint density at radius 2 is 1.92 bits per heavy atom. The second kappa shape index (κ2) is 9.56. The summed E-state index contributed by atoms with van der Waals surface area (Å²) in [6.07, 6.45) is 9.17. The third-order valence-corrected chi connectivity index (χ3v) is 8.23. The zero-order valence-electron chi connectivity index (χ0n) is 21.1. The average Bonchev–Trinajstić information content (AvgIpc) is 3.47. The van der Waals surface area contributed by atoms with E-state index in [2.05, 4.69) is 40.5 Å². The van der Waals surface area contributed by atoms with Crippen LogP contribution in [0.3, 0.4) is 0 Å². The summed E-state index contributed by atoms with van der Waals surface area (Å²) >= 11 is 0. The summed E-state index contributed by atoms with van der Waals surface area (Å²) in [5, 5.41) is 17.4. The highest BCUT2D eigenvalue weighted by Crippen LogP contribution is 2.55. The summed E-state index contributed by atoms with van der Waals surface area (Å²) in [7, 11) is 0. The normalized spacial score (nSPS) is 20.8. The molecule has 0 radical (unpaired) electrons. The van der Waals surface area contributed by atoms with Crippen LogP contribution in [0.15, 0.2) is 84.7 Å². The summed E-state index contributed by atoms with van der Waals surface area (Å²) in [4.78, 5) is 17.2. The standard InChI is InChI=1S/C31H29FN4O2/c1-31-17-21-18-34-36(25-11-9-24(32)10-12-25)29(21)16-23(31)8-7-22(31)15-28(20-5-3-2-4-6-20)35-30(38)27-14-13-26(37)19-33-27/h2-6,9-14,16,18-19,22,28,37H,7-8,15,17H2,1H3,(H,35,38)/t22-,28?,31-/m1/s1. The van der Waals surface area contributed by atoms with Crippen molar-refractivity contribution in [3.05, 3.63) is 113 Å². The average molecular weight is 509 g/mol. The van der Waals surface area contributed by atoms with E-state index < -0.39 is 0 Å². The summed E-state index contributed by atoms with van der Waals surface area (Å²) in [5.74, 6) is -0.141. The lowest BCUT2D eigenvalue weighted by Gasteiger charge is -2.37. The number of fused-ring (bicyclic) bond motifs is 2.